The van der Waals surface area contributed by atoms with Crippen LogP contribution in [0.3, 0.4) is 0 Å². The number of rotatable bonds is 4. The van der Waals surface area contributed by atoms with Crippen LogP contribution >= 0.6 is 0 Å². The molecule has 21 heavy (non-hydrogen) atoms. The van der Waals surface area contributed by atoms with E-state index in [9.17, 15) is 8.42 Å². The Labute approximate surface area is 127 Å². The molecule has 1 saturated heterocycles. The van der Waals surface area contributed by atoms with Gasteiger partial charge in [-0.2, -0.15) is 0 Å². The second kappa shape index (κ2) is 6.34. The van der Waals surface area contributed by atoms with E-state index in [0.717, 1.165) is 31.5 Å². The van der Waals surface area contributed by atoms with Crippen molar-refractivity contribution in [2.45, 2.75) is 24.7 Å². The first kappa shape index (κ1) is 16.3. The molecular formula is C15H25N3O2S. The molecule has 0 saturated carbocycles. The van der Waals surface area contributed by atoms with Crippen LogP contribution in [0.4, 0.5) is 5.69 Å². The lowest BCUT2D eigenvalue weighted by Gasteiger charge is -2.31. The number of nitrogens with two attached hydrogens (primary N) is 1. The smallest absolute Gasteiger partial charge is 0.244 e. The van der Waals surface area contributed by atoms with Crippen molar-refractivity contribution < 1.29 is 8.42 Å². The highest BCUT2D eigenvalue weighted by molar-refractivity contribution is 7.89. The maximum atomic E-state index is 12.6. The number of sulfonamides is 1. The molecule has 1 aromatic rings. The molecule has 2 rings (SSSR count). The van der Waals surface area contributed by atoms with Gasteiger partial charge in [0.1, 0.15) is 4.90 Å². The molecule has 1 heterocycles. The minimum absolute atomic E-state index is 0.212. The Hall–Kier alpha value is -1.11. The Kier molecular flexibility index (Phi) is 4.91. The molecule has 0 amide bonds. The highest BCUT2D eigenvalue weighted by Crippen LogP contribution is 2.25. The van der Waals surface area contributed by atoms with Crippen LogP contribution in [0.15, 0.2) is 23.1 Å². The number of nitrogen functional groups attached to an aromatic ring is 1. The fourth-order valence-electron chi connectivity index (χ4n) is 2.78. The van der Waals surface area contributed by atoms with E-state index in [1.54, 1.807) is 25.2 Å². The van der Waals surface area contributed by atoms with Crippen LogP contribution in [0.2, 0.25) is 0 Å². The molecule has 1 aliphatic rings. The van der Waals surface area contributed by atoms with Crippen molar-refractivity contribution in [2.24, 2.45) is 5.92 Å². The summed E-state index contributed by atoms with van der Waals surface area (Å²) in [6.45, 7) is 4.52. The lowest BCUT2D eigenvalue weighted by atomic mass is 9.97. The predicted octanol–water partition coefficient (Wildman–Crippen LogP) is 1.54. The lowest BCUT2D eigenvalue weighted by molar-refractivity contribution is 0.202. The maximum absolute atomic E-state index is 12.6. The second-order valence-corrected chi connectivity index (χ2v) is 8.09. The van der Waals surface area contributed by atoms with Gasteiger partial charge in [-0.15, -0.1) is 0 Å². The highest BCUT2D eigenvalue weighted by Gasteiger charge is 2.27. The Morgan fingerprint density at radius 2 is 1.95 bits per heavy atom. The largest absolute Gasteiger partial charge is 0.398 e. The Balaban J connectivity index is 2.11. The van der Waals surface area contributed by atoms with Crippen LogP contribution in [0.1, 0.15) is 18.4 Å². The standard InChI is InChI=1S/C15H25N3O2S/c1-12-4-5-15(14(16)10-12)21(19,20)18(3)11-13-6-8-17(2)9-7-13/h4-5,10,13H,6-9,11,16H2,1-3H3. The molecule has 6 heteroatoms. The Morgan fingerprint density at radius 3 is 2.52 bits per heavy atom. The zero-order chi connectivity index (χ0) is 15.6. The zero-order valence-corrected chi connectivity index (χ0v) is 13.9. The molecule has 0 aromatic heterocycles. The number of hydrogen-bond donors (Lipinski definition) is 1. The first-order valence-corrected chi connectivity index (χ1v) is 8.75. The monoisotopic (exact) mass is 311 g/mol. The van der Waals surface area contributed by atoms with Crippen LogP contribution in [0, 0.1) is 12.8 Å². The summed E-state index contributed by atoms with van der Waals surface area (Å²) in [4.78, 5) is 2.49. The second-order valence-electron chi connectivity index (χ2n) is 6.07. The van der Waals surface area contributed by atoms with Crippen LogP contribution in [0.25, 0.3) is 0 Å². The fourth-order valence-corrected chi connectivity index (χ4v) is 4.12. The molecule has 0 bridgehead atoms. The Bertz CT molecular complexity index is 593. The van der Waals surface area contributed by atoms with E-state index in [1.165, 1.54) is 4.31 Å². The average Bonchev–Trinajstić information content (AvgIpc) is 2.40. The number of piperidine rings is 1. The fraction of sp³-hybridized carbons (Fsp3) is 0.600. The summed E-state index contributed by atoms with van der Waals surface area (Å²) in [7, 11) is 0.242. The van der Waals surface area contributed by atoms with Crippen molar-refractivity contribution in [3.8, 4) is 0 Å². The minimum atomic E-state index is -3.50. The first-order valence-electron chi connectivity index (χ1n) is 7.31. The van der Waals surface area contributed by atoms with Crippen molar-refractivity contribution in [2.75, 3.05) is 39.5 Å². The molecule has 0 radical (unpaired) electrons. The SMILES string of the molecule is Cc1ccc(S(=O)(=O)N(C)CC2CCN(C)CC2)c(N)c1. The van der Waals surface area contributed by atoms with Crippen molar-refractivity contribution >= 4 is 15.7 Å². The van der Waals surface area contributed by atoms with Crippen LogP contribution in [-0.2, 0) is 10.0 Å². The van der Waals surface area contributed by atoms with E-state index in [0.29, 0.717) is 18.2 Å². The van der Waals surface area contributed by atoms with Crippen LogP contribution in [-0.4, -0.2) is 51.4 Å². The number of benzene rings is 1. The number of hydrogen-bond acceptors (Lipinski definition) is 4. The third-order valence-electron chi connectivity index (χ3n) is 4.21. The normalized spacial score (nSPS) is 18.3. The van der Waals surface area contributed by atoms with Gasteiger partial charge in [0, 0.05) is 13.6 Å². The highest BCUT2D eigenvalue weighted by atomic mass is 32.2. The van der Waals surface area contributed by atoms with Gasteiger partial charge >= 0.3 is 0 Å². The van der Waals surface area contributed by atoms with Crippen molar-refractivity contribution in [3.63, 3.8) is 0 Å². The van der Waals surface area contributed by atoms with Gasteiger partial charge in [0.05, 0.1) is 5.69 Å². The van der Waals surface area contributed by atoms with Gasteiger partial charge in [-0.1, -0.05) is 6.07 Å². The van der Waals surface area contributed by atoms with Crippen molar-refractivity contribution in [1.82, 2.24) is 9.21 Å². The lowest BCUT2D eigenvalue weighted by Crippen LogP contribution is -2.38. The molecule has 5 nitrogen and oxygen atoms in total. The summed E-state index contributed by atoms with van der Waals surface area (Å²) in [6, 6.07) is 5.09. The van der Waals surface area contributed by atoms with E-state index in [2.05, 4.69) is 11.9 Å². The van der Waals surface area contributed by atoms with Crippen molar-refractivity contribution in [1.29, 1.82) is 0 Å². The van der Waals surface area contributed by atoms with Gasteiger partial charge in [-0.3, -0.25) is 0 Å². The summed E-state index contributed by atoms with van der Waals surface area (Å²) in [5.41, 5.74) is 7.17. The van der Waals surface area contributed by atoms with Gasteiger partial charge in [-0.25, -0.2) is 12.7 Å². The molecule has 0 aliphatic carbocycles. The molecule has 0 spiro atoms. The molecular weight excluding hydrogens is 286 g/mol. The number of likely N-dealkylation sites (tertiary alicyclic amines) is 1. The van der Waals surface area contributed by atoms with E-state index in [4.69, 9.17) is 5.73 Å². The number of anilines is 1. The third kappa shape index (κ3) is 3.75. The number of nitrogens with zero attached hydrogens (tertiary/aromatic N) is 2. The van der Waals surface area contributed by atoms with Gasteiger partial charge in [0.25, 0.3) is 0 Å². The first-order chi connectivity index (χ1) is 9.80. The minimum Gasteiger partial charge on any atom is -0.398 e. The van der Waals surface area contributed by atoms with E-state index < -0.39 is 10.0 Å². The van der Waals surface area contributed by atoms with Gasteiger partial charge in [0.2, 0.25) is 10.0 Å². The summed E-state index contributed by atoms with van der Waals surface area (Å²) >= 11 is 0. The zero-order valence-electron chi connectivity index (χ0n) is 13.0. The molecule has 1 aliphatic heterocycles. The Morgan fingerprint density at radius 1 is 1.33 bits per heavy atom. The molecule has 1 aromatic carbocycles. The summed E-state index contributed by atoms with van der Waals surface area (Å²) in [5.74, 6) is 0.424. The summed E-state index contributed by atoms with van der Waals surface area (Å²) < 4.78 is 26.7. The molecule has 0 unspecified atom stereocenters. The molecule has 118 valence electrons. The van der Waals surface area contributed by atoms with Gasteiger partial charge in [0.15, 0.2) is 0 Å². The maximum Gasteiger partial charge on any atom is 0.244 e. The van der Waals surface area contributed by atoms with E-state index >= 15 is 0 Å². The van der Waals surface area contributed by atoms with E-state index in [1.807, 2.05) is 6.92 Å². The number of aryl methyl sites for hydroxylation is 1. The summed E-state index contributed by atoms with van der Waals surface area (Å²) in [5, 5.41) is 0. The van der Waals surface area contributed by atoms with Crippen LogP contribution in [0.5, 0.6) is 0 Å². The van der Waals surface area contributed by atoms with Crippen LogP contribution < -0.4 is 5.73 Å². The predicted molar refractivity (Wildman–Crippen MR) is 85.6 cm³/mol. The molecule has 1 fully saturated rings. The van der Waals surface area contributed by atoms with E-state index in [-0.39, 0.29) is 4.90 Å². The third-order valence-corrected chi connectivity index (χ3v) is 6.10. The average molecular weight is 311 g/mol. The van der Waals surface area contributed by atoms with Gasteiger partial charge in [-0.05, 0) is 63.5 Å². The quantitative estimate of drug-likeness (QED) is 0.857. The molecule has 2 N–H and O–H groups in total. The molecule has 0 atom stereocenters. The summed E-state index contributed by atoms with van der Waals surface area (Å²) in [6.07, 6.45) is 2.08. The van der Waals surface area contributed by atoms with Gasteiger partial charge < -0.3 is 10.6 Å². The van der Waals surface area contributed by atoms with Crippen molar-refractivity contribution in [3.05, 3.63) is 23.8 Å². The topological polar surface area (TPSA) is 66.6 Å².